The van der Waals surface area contributed by atoms with E-state index in [1.807, 2.05) is 6.92 Å². The van der Waals surface area contributed by atoms with Crippen molar-refractivity contribution in [2.75, 3.05) is 19.5 Å². The van der Waals surface area contributed by atoms with E-state index in [4.69, 9.17) is 13.9 Å². The van der Waals surface area contributed by atoms with Gasteiger partial charge in [0, 0.05) is 11.5 Å². The number of nitrogens with zero attached hydrogens (tertiary/aromatic N) is 1. The highest BCUT2D eigenvalue weighted by Crippen LogP contribution is 2.29. The maximum Gasteiger partial charge on any atom is 0.276 e. The number of hydrogen-bond acceptors (Lipinski definition) is 7. The number of ether oxygens (including phenoxy) is 2. The van der Waals surface area contributed by atoms with E-state index in [9.17, 15) is 13.2 Å². The molecule has 0 saturated carbocycles. The van der Waals surface area contributed by atoms with Crippen molar-refractivity contribution in [2.24, 2.45) is 5.10 Å². The smallest absolute Gasteiger partial charge is 0.276 e. The summed E-state index contributed by atoms with van der Waals surface area (Å²) < 4.78 is 41.8. The SMILES string of the molecule is COc1ccc(NC(=O)c2cc3ccccc3o/c2=N\NS(=O)(=O)c2ccc(C)cc2)c(OC)c1. The van der Waals surface area contributed by atoms with Crippen LogP contribution in [0.25, 0.3) is 11.0 Å². The number of nitrogens with one attached hydrogen (secondary N) is 2. The average molecular weight is 494 g/mol. The minimum absolute atomic E-state index is 0.0215. The van der Waals surface area contributed by atoms with E-state index >= 15 is 0 Å². The number of fused-ring (bicyclic) bond motifs is 1. The molecule has 1 amide bonds. The van der Waals surface area contributed by atoms with Crippen molar-refractivity contribution in [3.05, 3.63) is 89.5 Å². The number of benzene rings is 3. The van der Waals surface area contributed by atoms with Crippen LogP contribution in [0.5, 0.6) is 11.5 Å². The molecule has 10 heteroatoms. The van der Waals surface area contributed by atoms with E-state index in [1.54, 1.807) is 60.7 Å². The molecule has 2 N–H and O–H groups in total. The number of methoxy groups -OCH3 is 2. The molecule has 0 aliphatic rings. The number of rotatable bonds is 7. The lowest BCUT2D eigenvalue weighted by Gasteiger charge is -2.12. The molecule has 0 bridgehead atoms. The van der Waals surface area contributed by atoms with Gasteiger partial charge in [0.05, 0.1) is 24.8 Å². The Morgan fingerprint density at radius 3 is 2.40 bits per heavy atom. The van der Waals surface area contributed by atoms with Gasteiger partial charge in [-0.15, -0.1) is 5.10 Å². The first-order chi connectivity index (χ1) is 16.8. The molecule has 0 atom stereocenters. The molecule has 4 rings (SSSR count). The van der Waals surface area contributed by atoms with Crippen LogP contribution in [0.3, 0.4) is 0 Å². The summed E-state index contributed by atoms with van der Waals surface area (Å²) in [5, 5.41) is 7.33. The zero-order valence-corrected chi connectivity index (χ0v) is 20.0. The Balaban J connectivity index is 1.75. The van der Waals surface area contributed by atoms with Gasteiger partial charge in [-0.2, -0.15) is 13.2 Å². The van der Waals surface area contributed by atoms with Crippen LogP contribution in [0.4, 0.5) is 5.69 Å². The fourth-order valence-corrected chi connectivity index (χ4v) is 4.08. The third-order valence-electron chi connectivity index (χ3n) is 5.16. The van der Waals surface area contributed by atoms with Crippen LogP contribution in [-0.2, 0) is 10.0 Å². The lowest BCUT2D eigenvalue weighted by molar-refractivity contribution is 0.102. The molecular weight excluding hydrogens is 470 g/mol. The second-order valence-corrected chi connectivity index (χ2v) is 9.20. The predicted octanol–water partition coefficient (Wildman–Crippen LogP) is 3.80. The van der Waals surface area contributed by atoms with Gasteiger partial charge >= 0.3 is 0 Å². The number of carbonyl (C=O) groups excluding carboxylic acids is 1. The van der Waals surface area contributed by atoms with Crippen LogP contribution in [0, 0.1) is 6.92 Å². The van der Waals surface area contributed by atoms with Crippen molar-refractivity contribution in [2.45, 2.75) is 11.8 Å². The van der Waals surface area contributed by atoms with Gasteiger partial charge in [-0.1, -0.05) is 35.9 Å². The van der Waals surface area contributed by atoms with Crippen LogP contribution in [0.15, 0.2) is 87.2 Å². The van der Waals surface area contributed by atoms with Crippen molar-refractivity contribution in [1.29, 1.82) is 0 Å². The fraction of sp³-hybridized carbons (Fsp3) is 0.120. The molecular formula is C25H23N3O6S. The molecule has 0 aliphatic heterocycles. The normalized spacial score (nSPS) is 11.8. The van der Waals surface area contributed by atoms with Crippen molar-refractivity contribution in [1.82, 2.24) is 4.83 Å². The summed E-state index contributed by atoms with van der Waals surface area (Å²) in [5.74, 6) is 0.368. The number of carbonyl (C=O) groups is 1. The summed E-state index contributed by atoms with van der Waals surface area (Å²) in [6.45, 7) is 1.85. The predicted molar refractivity (Wildman–Crippen MR) is 131 cm³/mol. The minimum Gasteiger partial charge on any atom is -0.497 e. The number of sulfonamides is 1. The standard InChI is InChI=1S/C25H23N3O6S/c1-16-8-11-19(12-9-16)35(30,31)28-27-25-20(14-17-6-4-5-7-22(17)34-25)24(29)26-21-13-10-18(32-2)15-23(21)33-3/h4-15,28H,1-3H3,(H,26,29)/b27-25-. The summed E-state index contributed by atoms with van der Waals surface area (Å²) in [6, 6.07) is 19.8. The van der Waals surface area contributed by atoms with E-state index in [0.717, 1.165) is 5.56 Å². The molecule has 9 nitrogen and oxygen atoms in total. The highest BCUT2D eigenvalue weighted by atomic mass is 32.2. The first-order valence-electron chi connectivity index (χ1n) is 10.5. The first-order valence-corrected chi connectivity index (χ1v) is 12.0. The van der Waals surface area contributed by atoms with E-state index in [1.165, 1.54) is 26.4 Å². The topological polar surface area (TPSA) is 119 Å². The number of aryl methyl sites for hydroxylation is 1. The van der Waals surface area contributed by atoms with E-state index in [0.29, 0.717) is 28.2 Å². The third kappa shape index (κ3) is 5.28. The van der Waals surface area contributed by atoms with Gasteiger partial charge in [-0.25, -0.2) is 0 Å². The van der Waals surface area contributed by atoms with E-state index in [2.05, 4.69) is 15.2 Å². The Morgan fingerprint density at radius 2 is 1.69 bits per heavy atom. The Bertz CT molecular complexity index is 1560. The van der Waals surface area contributed by atoms with Crippen molar-refractivity contribution < 1.29 is 27.1 Å². The molecule has 4 aromatic rings. The Labute approximate surface area is 202 Å². The molecule has 0 saturated heterocycles. The second-order valence-electron chi connectivity index (χ2n) is 7.54. The van der Waals surface area contributed by atoms with Crippen LogP contribution >= 0.6 is 0 Å². The minimum atomic E-state index is -3.99. The zero-order valence-electron chi connectivity index (χ0n) is 19.2. The lowest BCUT2D eigenvalue weighted by atomic mass is 10.1. The second kappa shape index (κ2) is 9.90. The van der Waals surface area contributed by atoms with Gasteiger partial charge in [0.15, 0.2) is 0 Å². The maximum absolute atomic E-state index is 13.2. The molecule has 1 heterocycles. The molecule has 0 fully saturated rings. The van der Waals surface area contributed by atoms with Crippen molar-refractivity contribution >= 4 is 32.6 Å². The van der Waals surface area contributed by atoms with Gasteiger partial charge in [-0.3, -0.25) is 4.79 Å². The van der Waals surface area contributed by atoms with E-state index < -0.39 is 15.9 Å². The molecule has 3 aromatic carbocycles. The Hall–Kier alpha value is -4.31. The average Bonchev–Trinajstić information content (AvgIpc) is 2.87. The number of anilines is 1. The molecule has 180 valence electrons. The maximum atomic E-state index is 13.2. The summed E-state index contributed by atoms with van der Waals surface area (Å²) in [7, 11) is -0.999. The molecule has 0 unspecified atom stereocenters. The van der Waals surface area contributed by atoms with Gasteiger partial charge in [0.25, 0.3) is 15.9 Å². The van der Waals surface area contributed by atoms with Gasteiger partial charge in [0.1, 0.15) is 22.6 Å². The largest absolute Gasteiger partial charge is 0.497 e. The summed E-state index contributed by atoms with van der Waals surface area (Å²) in [4.78, 5) is 15.4. The summed E-state index contributed by atoms with van der Waals surface area (Å²) in [6.07, 6.45) is 0. The van der Waals surface area contributed by atoms with Crippen molar-refractivity contribution in [3.63, 3.8) is 0 Å². The molecule has 1 aromatic heterocycles. The summed E-state index contributed by atoms with van der Waals surface area (Å²) in [5.41, 5.74) is 1.55. The Morgan fingerprint density at radius 1 is 0.943 bits per heavy atom. The highest BCUT2D eigenvalue weighted by Gasteiger charge is 2.17. The van der Waals surface area contributed by atoms with E-state index in [-0.39, 0.29) is 16.0 Å². The molecule has 0 aliphatic carbocycles. The number of amides is 1. The van der Waals surface area contributed by atoms with Gasteiger partial charge in [0.2, 0.25) is 5.55 Å². The van der Waals surface area contributed by atoms with Gasteiger partial charge < -0.3 is 19.2 Å². The van der Waals surface area contributed by atoms with Crippen LogP contribution < -0.4 is 25.2 Å². The van der Waals surface area contributed by atoms with Gasteiger partial charge in [-0.05, 0) is 43.3 Å². The summed E-state index contributed by atoms with van der Waals surface area (Å²) >= 11 is 0. The number of para-hydroxylation sites is 1. The van der Waals surface area contributed by atoms with Crippen molar-refractivity contribution in [3.8, 4) is 11.5 Å². The zero-order chi connectivity index (χ0) is 25.0. The van der Waals surface area contributed by atoms with Crippen LogP contribution in [-0.4, -0.2) is 28.5 Å². The molecule has 0 radical (unpaired) electrons. The van der Waals surface area contributed by atoms with Crippen LogP contribution in [0.1, 0.15) is 15.9 Å². The fourth-order valence-electron chi connectivity index (χ4n) is 3.28. The molecule has 35 heavy (non-hydrogen) atoms. The monoisotopic (exact) mass is 493 g/mol. The van der Waals surface area contributed by atoms with Crippen LogP contribution in [0.2, 0.25) is 0 Å². The molecule has 0 spiro atoms. The third-order valence-corrected chi connectivity index (χ3v) is 6.38. The highest BCUT2D eigenvalue weighted by molar-refractivity contribution is 7.89. The lowest BCUT2D eigenvalue weighted by Crippen LogP contribution is -2.27. The Kier molecular flexibility index (Phi) is 6.74. The number of hydrogen-bond donors (Lipinski definition) is 2. The first kappa shape index (κ1) is 23.8. The quantitative estimate of drug-likeness (QED) is 0.378.